The maximum atomic E-state index is 13.0. The number of hydrogen-bond acceptors (Lipinski definition) is 7. The number of fused-ring (bicyclic) bond motifs is 1. The van der Waals surface area contributed by atoms with Crippen molar-refractivity contribution in [2.75, 3.05) is 25.2 Å². The Kier molecular flexibility index (Phi) is 5.76. The number of nitrogens with zero attached hydrogens (tertiary/aromatic N) is 2. The topological polar surface area (TPSA) is 111 Å². The van der Waals surface area contributed by atoms with E-state index < -0.39 is 14.9 Å². The van der Waals surface area contributed by atoms with Gasteiger partial charge in [-0.05, 0) is 55.5 Å². The summed E-state index contributed by atoms with van der Waals surface area (Å²) >= 11 is 0. The van der Waals surface area contributed by atoms with Gasteiger partial charge in [-0.2, -0.15) is 4.31 Å². The van der Waals surface area contributed by atoms with Crippen molar-refractivity contribution in [3.8, 4) is 11.5 Å². The van der Waals surface area contributed by atoms with Gasteiger partial charge < -0.3 is 14.8 Å². The van der Waals surface area contributed by atoms with E-state index in [1.807, 2.05) is 19.1 Å². The summed E-state index contributed by atoms with van der Waals surface area (Å²) in [6.45, 7) is 4.98. The standard InChI is InChI=1S/C21H25N3O6S/c1-14-7-9-23(10-8-14)31(27,28)17-4-5-18(19(12-17)24(25)26)22-15(2)16-3-6-20-21(11-16)30-13-29-20/h3-6,11-12,14-15,22H,7-10,13H2,1-2H3/t15-/m1/s1. The van der Waals surface area contributed by atoms with Crippen LogP contribution in [0.2, 0.25) is 0 Å². The number of ether oxygens (including phenoxy) is 2. The summed E-state index contributed by atoms with van der Waals surface area (Å²) in [6.07, 6.45) is 1.57. The molecule has 4 rings (SSSR count). The van der Waals surface area contributed by atoms with Crippen molar-refractivity contribution in [3.63, 3.8) is 0 Å². The number of sulfonamides is 1. The molecule has 31 heavy (non-hydrogen) atoms. The van der Waals surface area contributed by atoms with E-state index in [1.54, 1.807) is 6.07 Å². The fourth-order valence-electron chi connectivity index (χ4n) is 3.82. The van der Waals surface area contributed by atoms with E-state index in [2.05, 4.69) is 12.2 Å². The molecule has 0 amide bonds. The average molecular weight is 448 g/mol. The highest BCUT2D eigenvalue weighted by molar-refractivity contribution is 7.89. The fraction of sp³-hybridized carbons (Fsp3) is 0.429. The molecule has 9 nitrogen and oxygen atoms in total. The third kappa shape index (κ3) is 4.31. The molecule has 2 aromatic rings. The molecule has 2 aliphatic rings. The van der Waals surface area contributed by atoms with Crippen LogP contribution in [0.4, 0.5) is 11.4 Å². The van der Waals surface area contributed by atoms with E-state index in [0.29, 0.717) is 30.5 Å². The first-order valence-electron chi connectivity index (χ1n) is 10.2. The van der Waals surface area contributed by atoms with Crippen LogP contribution in [-0.4, -0.2) is 37.5 Å². The number of nitrogens with one attached hydrogen (secondary N) is 1. The van der Waals surface area contributed by atoms with Crippen molar-refractivity contribution in [2.45, 2.75) is 37.6 Å². The maximum absolute atomic E-state index is 13.0. The Balaban J connectivity index is 1.58. The second-order valence-corrected chi connectivity index (χ2v) is 9.94. The zero-order valence-corrected chi connectivity index (χ0v) is 18.2. The molecular formula is C21H25N3O6S. The molecule has 1 N–H and O–H groups in total. The van der Waals surface area contributed by atoms with Gasteiger partial charge in [-0.25, -0.2) is 8.42 Å². The molecule has 0 aliphatic carbocycles. The van der Waals surface area contributed by atoms with Gasteiger partial charge in [-0.15, -0.1) is 0 Å². The molecule has 1 fully saturated rings. The highest BCUT2D eigenvalue weighted by Crippen LogP contribution is 2.36. The first kappa shape index (κ1) is 21.4. The van der Waals surface area contributed by atoms with Gasteiger partial charge in [0.25, 0.3) is 5.69 Å². The summed E-state index contributed by atoms with van der Waals surface area (Å²) in [4.78, 5) is 11.1. The molecule has 0 aromatic heterocycles. The lowest BCUT2D eigenvalue weighted by molar-refractivity contribution is -0.384. The van der Waals surface area contributed by atoms with Gasteiger partial charge in [-0.1, -0.05) is 13.0 Å². The van der Waals surface area contributed by atoms with Crippen molar-refractivity contribution in [1.82, 2.24) is 4.31 Å². The van der Waals surface area contributed by atoms with Crippen molar-refractivity contribution in [3.05, 3.63) is 52.1 Å². The Morgan fingerprint density at radius 3 is 2.55 bits per heavy atom. The molecule has 0 saturated carbocycles. The van der Waals surface area contributed by atoms with Gasteiger partial charge in [0.05, 0.1) is 9.82 Å². The summed E-state index contributed by atoms with van der Waals surface area (Å²) in [6, 6.07) is 9.21. The molecule has 2 aromatic carbocycles. The van der Waals surface area contributed by atoms with Crippen molar-refractivity contribution < 1.29 is 22.8 Å². The summed E-state index contributed by atoms with van der Waals surface area (Å²) in [7, 11) is -3.78. The molecule has 10 heteroatoms. The molecule has 166 valence electrons. The molecule has 0 radical (unpaired) electrons. The number of nitro groups is 1. The van der Waals surface area contributed by atoms with Crippen LogP contribution in [0.1, 0.15) is 38.3 Å². The van der Waals surface area contributed by atoms with Crippen LogP contribution in [-0.2, 0) is 10.0 Å². The third-order valence-electron chi connectivity index (χ3n) is 5.81. The van der Waals surface area contributed by atoms with Crippen LogP contribution < -0.4 is 14.8 Å². The van der Waals surface area contributed by atoms with Gasteiger partial charge in [-0.3, -0.25) is 10.1 Å². The smallest absolute Gasteiger partial charge is 0.293 e. The number of anilines is 1. The lowest BCUT2D eigenvalue weighted by Gasteiger charge is -2.29. The number of nitro benzene ring substituents is 1. The Labute approximate surface area is 181 Å². The van der Waals surface area contributed by atoms with Crippen LogP contribution >= 0.6 is 0 Å². The largest absolute Gasteiger partial charge is 0.454 e. The van der Waals surface area contributed by atoms with Gasteiger partial charge >= 0.3 is 0 Å². The Morgan fingerprint density at radius 2 is 1.84 bits per heavy atom. The summed E-state index contributed by atoms with van der Waals surface area (Å²) in [5.74, 6) is 1.76. The summed E-state index contributed by atoms with van der Waals surface area (Å²) in [5, 5.41) is 14.8. The lowest BCUT2D eigenvalue weighted by atomic mass is 10.0. The van der Waals surface area contributed by atoms with Crippen LogP contribution in [0.5, 0.6) is 11.5 Å². The van der Waals surface area contributed by atoms with Crippen LogP contribution in [0, 0.1) is 16.0 Å². The monoisotopic (exact) mass is 447 g/mol. The molecule has 1 atom stereocenters. The predicted octanol–water partition coefficient (Wildman–Crippen LogP) is 3.92. The molecule has 1 saturated heterocycles. The molecule has 0 bridgehead atoms. The first-order chi connectivity index (χ1) is 14.8. The molecule has 2 heterocycles. The van der Waals surface area contributed by atoms with Gasteiger partial charge in [0.15, 0.2) is 11.5 Å². The molecular weight excluding hydrogens is 422 g/mol. The highest BCUT2D eigenvalue weighted by Gasteiger charge is 2.30. The van der Waals surface area contributed by atoms with Crippen LogP contribution in [0.3, 0.4) is 0 Å². The number of rotatable bonds is 6. The minimum absolute atomic E-state index is 0.0602. The van der Waals surface area contributed by atoms with Crippen molar-refractivity contribution >= 4 is 21.4 Å². The Bertz CT molecular complexity index is 1100. The van der Waals surface area contributed by atoms with E-state index in [4.69, 9.17) is 9.47 Å². The average Bonchev–Trinajstić information content (AvgIpc) is 3.22. The summed E-state index contributed by atoms with van der Waals surface area (Å²) in [5.41, 5.74) is 0.832. The normalized spacial score (nSPS) is 18.0. The SMILES string of the molecule is CC1CCN(S(=O)(=O)c2ccc(N[C@H](C)c3ccc4c(c3)OCO4)c([N+](=O)[O-])c2)CC1. The zero-order chi connectivity index (χ0) is 22.2. The molecule has 0 spiro atoms. The van der Waals surface area contributed by atoms with Crippen molar-refractivity contribution in [2.24, 2.45) is 5.92 Å². The number of hydrogen-bond donors (Lipinski definition) is 1. The van der Waals surface area contributed by atoms with E-state index >= 15 is 0 Å². The fourth-order valence-corrected chi connectivity index (χ4v) is 5.31. The minimum atomic E-state index is -3.78. The van der Waals surface area contributed by atoms with E-state index in [-0.39, 0.29) is 29.1 Å². The quantitative estimate of drug-likeness (QED) is 0.528. The first-order valence-corrected chi connectivity index (χ1v) is 11.6. The predicted molar refractivity (Wildman–Crippen MR) is 115 cm³/mol. The Hall–Kier alpha value is -2.85. The minimum Gasteiger partial charge on any atom is -0.454 e. The second kappa shape index (κ2) is 8.35. The van der Waals surface area contributed by atoms with Crippen LogP contribution in [0.15, 0.2) is 41.3 Å². The maximum Gasteiger partial charge on any atom is 0.293 e. The third-order valence-corrected chi connectivity index (χ3v) is 7.71. The second-order valence-electron chi connectivity index (χ2n) is 8.00. The van der Waals surface area contributed by atoms with Crippen LogP contribution in [0.25, 0.3) is 0 Å². The lowest BCUT2D eigenvalue weighted by Crippen LogP contribution is -2.37. The van der Waals surface area contributed by atoms with E-state index in [9.17, 15) is 18.5 Å². The number of piperidine rings is 1. The summed E-state index contributed by atoms with van der Waals surface area (Å²) < 4.78 is 38.1. The van der Waals surface area contributed by atoms with Crippen molar-refractivity contribution in [1.29, 1.82) is 0 Å². The zero-order valence-electron chi connectivity index (χ0n) is 17.4. The Morgan fingerprint density at radius 1 is 1.13 bits per heavy atom. The van der Waals surface area contributed by atoms with Gasteiger partial charge in [0, 0.05) is 25.2 Å². The molecule has 2 aliphatic heterocycles. The van der Waals surface area contributed by atoms with E-state index in [0.717, 1.165) is 24.5 Å². The van der Waals surface area contributed by atoms with Gasteiger partial charge in [0.1, 0.15) is 5.69 Å². The van der Waals surface area contributed by atoms with E-state index in [1.165, 1.54) is 16.4 Å². The number of benzene rings is 2. The highest BCUT2D eigenvalue weighted by atomic mass is 32.2. The van der Waals surface area contributed by atoms with Gasteiger partial charge in [0.2, 0.25) is 16.8 Å². The molecule has 0 unspecified atom stereocenters.